The molecule has 20 heavy (non-hydrogen) atoms. The summed E-state index contributed by atoms with van der Waals surface area (Å²) in [7, 11) is 0. The Bertz CT molecular complexity index is 296. The average molecular weight is 285 g/mol. The van der Waals surface area contributed by atoms with Crippen molar-refractivity contribution in [2.75, 3.05) is 19.6 Å². The van der Waals surface area contributed by atoms with Crippen LogP contribution in [0.2, 0.25) is 0 Å². The highest BCUT2D eigenvalue weighted by Crippen LogP contribution is 2.02. The molecule has 118 valence electrons. The van der Waals surface area contributed by atoms with Crippen LogP contribution in [0, 0.1) is 5.92 Å². The predicted molar refractivity (Wildman–Crippen MR) is 82.5 cm³/mol. The third-order valence-electron chi connectivity index (χ3n) is 2.73. The van der Waals surface area contributed by atoms with Crippen LogP contribution >= 0.6 is 0 Å². The fourth-order valence-corrected chi connectivity index (χ4v) is 1.55. The van der Waals surface area contributed by atoms with Crippen molar-refractivity contribution in [2.45, 2.75) is 59.4 Å². The Hall–Kier alpha value is -1.10. The molecule has 5 heteroatoms. The standard InChI is InChI=1S/C15H31N3O2/c1-12(2)6-7-13(19)16-10-11-17-14(20)8-9-18-15(3,4)5/h12,18H,6-11H2,1-5H3,(H,16,19)(H,17,20). The first-order chi connectivity index (χ1) is 9.20. The van der Waals surface area contributed by atoms with Crippen molar-refractivity contribution in [3.63, 3.8) is 0 Å². The summed E-state index contributed by atoms with van der Waals surface area (Å²) in [6.07, 6.45) is 1.91. The van der Waals surface area contributed by atoms with Crippen LogP contribution in [0.4, 0.5) is 0 Å². The molecule has 0 rings (SSSR count). The van der Waals surface area contributed by atoms with Gasteiger partial charge in [-0.25, -0.2) is 0 Å². The summed E-state index contributed by atoms with van der Waals surface area (Å²) in [6, 6.07) is 0. The van der Waals surface area contributed by atoms with E-state index in [1.807, 2.05) is 0 Å². The van der Waals surface area contributed by atoms with Crippen molar-refractivity contribution in [1.82, 2.24) is 16.0 Å². The van der Waals surface area contributed by atoms with E-state index in [1.165, 1.54) is 0 Å². The smallest absolute Gasteiger partial charge is 0.221 e. The van der Waals surface area contributed by atoms with Crippen LogP contribution in [0.3, 0.4) is 0 Å². The molecule has 0 aromatic heterocycles. The molecule has 0 saturated heterocycles. The number of hydrogen-bond donors (Lipinski definition) is 3. The Morgan fingerprint density at radius 2 is 1.40 bits per heavy atom. The van der Waals surface area contributed by atoms with Crippen molar-refractivity contribution in [1.29, 1.82) is 0 Å². The maximum absolute atomic E-state index is 11.5. The maximum Gasteiger partial charge on any atom is 0.221 e. The Balaban J connectivity index is 3.50. The SMILES string of the molecule is CC(C)CCC(=O)NCCNC(=O)CCNC(C)(C)C. The number of nitrogens with one attached hydrogen (secondary N) is 3. The van der Waals surface area contributed by atoms with Crippen molar-refractivity contribution in [3.8, 4) is 0 Å². The Labute approximate surface area is 123 Å². The Kier molecular flexibility index (Phi) is 9.21. The molecule has 0 radical (unpaired) electrons. The van der Waals surface area contributed by atoms with Crippen LogP contribution in [0.25, 0.3) is 0 Å². The molecule has 0 aromatic rings. The van der Waals surface area contributed by atoms with E-state index in [2.05, 4.69) is 50.6 Å². The van der Waals surface area contributed by atoms with Gasteiger partial charge in [0.25, 0.3) is 0 Å². The van der Waals surface area contributed by atoms with Crippen LogP contribution in [0.1, 0.15) is 53.9 Å². The highest BCUT2D eigenvalue weighted by atomic mass is 16.2. The number of rotatable bonds is 9. The molecule has 0 aliphatic carbocycles. The van der Waals surface area contributed by atoms with Crippen molar-refractivity contribution in [2.24, 2.45) is 5.92 Å². The van der Waals surface area contributed by atoms with Crippen molar-refractivity contribution >= 4 is 11.8 Å². The van der Waals surface area contributed by atoms with Gasteiger partial charge in [-0.1, -0.05) is 13.8 Å². The minimum absolute atomic E-state index is 0.0122. The number of amides is 2. The second kappa shape index (κ2) is 9.75. The molecule has 0 atom stereocenters. The minimum Gasteiger partial charge on any atom is -0.354 e. The molecule has 0 aliphatic heterocycles. The number of carbonyl (C=O) groups is 2. The highest BCUT2D eigenvalue weighted by Gasteiger charge is 2.09. The summed E-state index contributed by atoms with van der Waals surface area (Å²) >= 11 is 0. The molecule has 0 bridgehead atoms. The lowest BCUT2D eigenvalue weighted by Gasteiger charge is -2.20. The first-order valence-electron chi connectivity index (χ1n) is 7.49. The van der Waals surface area contributed by atoms with Gasteiger partial charge < -0.3 is 16.0 Å². The van der Waals surface area contributed by atoms with Crippen LogP contribution in [0.5, 0.6) is 0 Å². The van der Waals surface area contributed by atoms with Gasteiger partial charge in [0.1, 0.15) is 0 Å². The largest absolute Gasteiger partial charge is 0.354 e. The van der Waals surface area contributed by atoms with Gasteiger partial charge in [-0.15, -0.1) is 0 Å². The molecule has 2 amide bonds. The summed E-state index contributed by atoms with van der Waals surface area (Å²) in [6.45, 7) is 12.0. The third-order valence-corrected chi connectivity index (χ3v) is 2.73. The van der Waals surface area contributed by atoms with Gasteiger partial charge in [0.15, 0.2) is 0 Å². The zero-order chi connectivity index (χ0) is 15.6. The highest BCUT2D eigenvalue weighted by molar-refractivity contribution is 5.77. The summed E-state index contributed by atoms with van der Waals surface area (Å²) in [5, 5.41) is 8.86. The quantitative estimate of drug-likeness (QED) is 0.561. The van der Waals surface area contributed by atoms with Gasteiger partial charge in [0.2, 0.25) is 11.8 Å². The predicted octanol–water partition coefficient (Wildman–Crippen LogP) is 1.43. The first-order valence-corrected chi connectivity index (χ1v) is 7.49. The van der Waals surface area contributed by atoms with Crippen LogP contribution in [-0.2, 0) is 9.59 Å². The van der Waals surface area contributed by atoms with E-state index in [9.17, 15) is 9.59 Å². The molecule has 0 spiro atoms. The van der Waals surface area contributed by atoms with E-state index in [4.69, 9.17) is 0 Å². The normalized spacial score (nSPS) is 11.5. The fraction of sp³-hybridized carbons (Fsp3) is 0.867. The molecule has 3 N–H and O–H groups in total. The van der Waals surface area contributed by atoms with E-state index in [0.29, 0.717) is 38.4 Å². The number of carbonyl (C=O) groups excluding carboxylic acids is 2. The molecule has 0 aliphatic rings. The number of hydrogen-bond acceptors (Lipinski definition) is 3. The van der Waals surface area contributed by atoms with Gasteiger partial charge in [-0.2, -0.15) is 0 Å². The van der Waals surface area contributed by atoms with Crippen LogP contribution < -0.4 is 16.0 Å². The zero-order valence-electron chi connectivity index (χ0n) is 13.6. The minimum atomic E-state index is 0.0122. The van der Waals surface area contributed by atoms with E-state index in [0.717, 1.165) is 6.42 Å². The van der Waals surface area contributed by atoms with E-state index in [-0.39, 0.29) is 17.4 Å². The molecule has 0 fully saturated rings. The van der Waals surface area contributed by atoms with Gasteiger partial charge in [-0.05, 0) is 33.1 Å². The second-order valence-corrected chi connectivity index (χ2v) is 6.56. The van der Waals surface area contributed by atoms with Crippen LogP contribution in [-0.4, -0.2) is 37.0 Å². The second-order valence-electron chi connectivity index (χ2n) is 6.56. The molecule has 5 nitrogen and oxygen atoms in total. The summed E-state index contributed by atoms with van der Waals surface area (Å²) in [5.74, 6) is 0.608. The molecule has 0 heterocycles. The lowest BCUT2D eigenvalue weighted by molar-refractivity contribution is -0.123. The molecular formula is C15H31N3O2. The molecular weight excluding hydrogens is 254 g/mol. The Morgan fingerprint density at radius 3 is 1.85 bits per heavy atom. The first kappa shape index (κ1) is 18.9. The lowest BCUT2D eigenvalue weighted by Crippen LogP contribution is -2.39. The summed E-state index contributed by atoms with van der Waals surface area (Å²) < 4.78 is 0. The van der Waals surface area contributed by atoms with Gasteiger partial charge in [0, 0.05) is 38.0 Å². The average Bonchev–Trinajstić information content (AvgIpc) is 2.30. The summed E-state index contributed by atoms with van der Waals surface area (Å²) in [4.78, 5) is 23.0. The summed E-state index contributed by atoms with van der Waals surface area (Å²) in [5.41, 5.74) is 0.0324. The zero-order valence-corrected chi connectivity index (χ0v) is 13.6. The van der Waals surface area contributed by atoms with Gasteiger partial charge >= 0.3 is 0 Å². The monoisotopic (exact) mass is 285 g/mol. The van der Waals surface area contributed by atoms with Gasteiger partial charge in [0.05, 0.1) is 0 Å². The molecule has 0 saturated carbocycles. The fourth-order valence-electron chi connectivity index (χ4n) is 1.55. The van der Waals surface area contributed by atoms with E-state index < -0.39 is 0 Å². The van der Waals surface area contributed by atoms with Crippen molar-refractivity contribution < 1.29 is 9.59 Å². The van der Waals surface area contributed by atoms with Gasteiger partial charge in [-0.3, -0.25) is 9.59 Å². The topological polar surface area (TPSA) is 70.2 Å². The molecule has 0 aromatic carbocycles. The molecule has 0 unspecified atom stereocenters. The van der Waals surface area contributed by atoms with Crippen molar-refractivity contribution in [3.05, 3.63) is 0 Å². The van der Waals surface area contributed by atoms with Crippen LogP contribution in [0.15, 0.2) is 0 Å². The maximum atomic E-state index is 11.5. The Morgan fingerprint density at radius 1 is 0.900 bits per heavy atom. The lowest BCUT2D eigenvalue weighted by atomic mass is 10.1. The third kappa shape index (κ3) is 13.3. The van der Waals surface area contributed by atoms with E-state index in [1.54, 1.807) is 0 Å². The van der Waals surface area contributed by atoms with E-state index >= 15 is 0 Å².